The minimum absolute atomic E-state index is 0.234. The Morgan fingerprint density at radius 3 is 2.13 bits per heavy atom. The van der Waals surface area contributed by atoms with Crippen molar-refractivity contribution in [3.63, 3.8) is 0 Å². The Morgan fingerprint density at radius 2 is 1.60 bits per heavy atom. The molecule has 1 aliphatic rings. The number of anilines is 1. The molecule has 2 aromatic carbocycles. The Balaban J connectivity index is 1.71. The van der Waals surface area contributed by atoms with E-state index in [2.05, 4.69) is 5.32 Å². The van der Waals surface area contributed by atoms with Gasteiger partial charge < -0.3 is 10.1 Å². The van der Waals surface area contributed by atoms with Crippen molar-refractivity contribution >= 4 is 29.4 Å². The molecule has 0 aromatic heterocycles. The van der Waals surface area contributed by atoms with Gasteiger partial charge in [-0.15, -0.1) is 0 Å². The van der Waals surface area contributed by atoms with Gasteiger partial charge in [-0.3, -0.25) is 19.3 Å². The maximum Gasteiger partial charge on any atom is 0.330 e. The molecule has 0 fully saturated rings. The highest BCUT2D eigenvalue weighted by atomic mass is 19.1. The molecule has 2 unspecified atom stereocenters. The van der Waals surface area contributed by atoms with E-state index in [1.54, 1.807) is 19.1 Å². The van der Waals surface area contributed by atoms with Crippen molar-refractivity contribution in [1.29, 1.82) is 0 Å². The third-order valence-electron chi connectivity index (χ3n) is 5.00. The molecule has 1 aliphatic heterocycles. The Bertz CT molecular complexity index is 954. The molecule has 0 aliphatic carbocycles. The number of hydrogen-bond acceptors (Lipinski definition) is 5. The van der Waals surface area contributed by atoms with Crippen molar-refractivity contribution in [3.8, 4) is 0 Å². The first-order valence-electron chi connectivity index (χ1n) is 9.52. The topological polar surface area (TPSA) is 92.8 Å². The largest absolute Gasteiger partial charge is 0.454 e. The van der Waals surface area contributed by atoms with Gasteiger partial charge in [0.2, 0.25) is 0 Å². The zero-order chi connectivity index (χ0) is 21.8. The standard InChI is InChI=1S/C22H21FN2O5/c1-3-13(2)19(25-20(27)16-6-4-5-7-17(16)21(25)28)22(29)30-12-18(26)24-15-10-8-14(23)9-11-15/h4-11,13,19H,3,12H2,1-2H3,(H,24,26). The summed E-state index contributed by atoms with van der Waals surface area (Å²) < 4.78 is 18.1. The Kier molecular flexibility index (Phi) is 6.25. The summed E-state index contributed by atoms with van der Waals surface area (Å²) in [6, 6.07) is 10.3. The molecule has 1 N–H and O–H groups in total. The van der Waals surface area contributed by atoms with Crippen LogP contribution in [0, 0.1) is 11.7 Å². The van der Waals surface area contributed by atoms with Crippen LogP contribution in [0.2, 0.25) is 0 Å². The van der Waals surface area contributed by atoms with Crippen LogP contribution in [0.15, 0.2) is 48.5 Å². The van der Waals surface area contributed by atoms with Gasteiger partial charge in [0.05, 0.1) is 11.1 Å². The number of esters is 1. The molecule has 0 spiro atoms. The van der Waals surface area contributed by atoms with E-state index in [4.69, 9.17) is 4.74 Å². The number of ether oxygens (including phenoxy) is 1. The molecule has 3 rings (SSSR count). The second kappa shape index (κ2) is 8.86. The molecule has 0 bridgehead atoms. The molecular weight excluding hydrogens is 391 g/mol. The van der Waals surface area contributed by atoms with E-state index in [1.807, 2.05) is 6.92 Å². The number of carbonyl (C=O) groups excluding carboxylic acids is 4. The van der Waals surface area contributed by atoms with E-state index in [9.17, 15) is 23.6 Å². The van der Waals surface area contributed by atoms with E-state index in [0.29, 0.717) is 12.1 Å². The Labute approximate surface area is 172 Å². The summed E-state index contributed by atoms with van der Waals surface area (Å²) in [6.07, 6.45) is 0.509. The third-order valence-corrected chi connectivity index (χ3v) is 5.00. The van der Waals surface area contributed by atoms with Crippen LogP contribution < -0.4 is 5.32 Å². The van der Waals surface area contributed by atoms with E-state index < -0.39 is 42.2 Å². The summed E-state index contributed by atoms with van der Waals surface area (Å²) in [6.45, 7) is 2.95. The first kappa shape index (κ1) is 21.2. The number of fused-ring (bicyclic) bond motifs is 1. The lowest BCUT2D eigenvalue weighted by Crippen LogP contribution is -2.49. The SMILES string of the molecule is CCC(C)C(C(=O)OCC(=O)Nc1ccc(F)cc1)N1C(=O)c2ccccc2C1=O. The van der Waals surface area contributed by atoms with Crippen LogP contribution >= 0.6 is 0 Å². The quantitative estimate of drug-likeness (QED) is 0.557. The first-order valence-corrected chi connectivity index (χ1v) is 9.52. The highest BCUT2D eigenvalue weighted by Crippen LogP contribution is 2.28. The molecule has 30 heavy (non-hydrogen) atoms. The maximum atomic E-state index is 12.9. The van der Waals surface area contributed by atoms with Crippen molar-refractivity contribution in [1.82, 2.24) is 4.90 Å². The van der Waals surface area contributed by atoms with Gasteiger partial charge in [0, 0.05) is 5.69 Å². The average Bonchev–Trinajstić information content (AvgIpc) is 2.99. The van der Waals surface area contributed by atoms with Crippen LogP contribution in [-0.4, -0.2) is 41.2 Å². The summed E-state index contributed by atoms with van der Waals surface area (Å²) in [4.78, 5) is 51.3. The summed E-state index contributed by atoms with van der Waals surface area (Å²) >= 11 is 0. The van der Waals surface area contributed by atoms with Crippen LogP contribution in [0.4, 0.5) is 10.1 Å². The fraction of sp³-hybridized carbons (Fsp3) is 0.273. The van der Waals surface area contributed by atoms with Crippen molar-refractivity contribution in [2.24, 2.45) is 5.92 Å². The number of imide groups is 1. The fourth-order valence-electron chi connectivity index (χ4n) is 3.23. The smallest absolute Gasteiger partial charge is 0.330 e. The molecule has 3 amide bonds. The van der Waals surface area contributed by atoms with E-state index >= 15 is 0 Å². The van der Waals surface area contributed by atoms with Crippen LogP contribution in [0.25, 0.3) is 0 Å². The third kappa shape index (κ3) is 4.22. The summed E-state index contributed by atoms with van der Waals surface area (Å²) in [7, 11) is 0. The minimum atomic E-state index is -1.15. The summed E-state index contributed by atoms with van der Waals surface area (Å²) in [5.74, 6) is -3.41. The molecule has 0 saturated heterocycles. The van der Waals surface area contributed by atoms with Gasteiger partial charge in [-0.25, -0.2) is 9.18 Å². The molecule has 7 nitrogen and oxygen atoms in total. The van der Waals surface area contributed by atoms with Crippen LogP contribution in [0.3, 0.4) is 0 Å². The predicted octanol–water partition coefficient (Wildman–Crippen LogP) is 3.02. The number of amides is 3. The van der Waals surface area contributed by atoms with Crippen LogP contribution in [0.1, 0.15) is 41.0 Å². The number of nitrogens with one attached hydrogen (secondary N) is 1. The number of halogens is 1. The van der Waals surface area contributed by atoms with Crippen molar-refractivity contribution < 1.29 is 28.3 Å². The van der Waals surface area contributed by atoms with Gasteiger partial charge in [0.1, 0.15) is 11.9 Å². The van der Waals surface area contributed by atoms with E-state index in [-0.39, 0.29) is 17.0 Å². The molecule has 8 heteroatoms. The van der Waals surface area contributed by atoms with E-state index in [1.165, 1.54) is 36.4 Å². The Hall–Kier alpha value is -3.55. The number of carbonyl (C=O) groups is 4. The van der Waals surface area contributed by atoms with Gasteiger partial charge in [-0.05, 0) is 42.3 Å². The molecule has 0 radical (unpaired) electrons. The normalized spacial score (nSPS) is 14.8. The zero-order valence-electron chi connectivity index (χ0n) is 16.6. The fourth-order valence-corrected chi connectivity index (χ4v) is 3.23. The highest BCUT2D eigenvalue weighted by Gasteiger charge is 2.45. The molecule has 1 heterocycles. The zero-order valence-corrected chi connectivity index (χ0v) is 16.6. The average molecular weight is 412 g/mol. The van der Waals surface area contributed by atoms with Crippen molar-refractivity contribution in [3.05, 3.63) is 65.5 Å². The van der Waals surface area contributed by atoms with Crippen molar-refractivity contribution in [2.45, 2.75) is 26.3 Å². The second-order valence-electron chi connectivity index (χ2n) is 7.02. The molecule has 0 saturated carbocycles. The summed E-state index contributed by atoms with van der Waals surface area (Å²) in [5.41, 5.74) is 0.812. The monoisotopic (exact) mass is 412 g/mol. The van der Waals surface area contributed by atoms with Crippen molar-refractivity contribution in [2.75, 3.05) is 11.9 Å². The number of benzene rings is 2. The van der Waals surface area contributed by atoms with Gasteiger partial charge in [0.15, 0.2) is 6.61 Å². The molecule has 2 aromatic rings. The lowest BCUT2D eigenvalue weighted by atomic mass is 9.97. The Morgan fingerprint density at radius 1 is 1.03 bits per heavy atom. The highest BCUT2D eigenvalue weighted by molar-refractivity contribution is 6.22. The molecule has 156 valence electrons. The van der Waals surface area contributed by atoms with Gasteiger partial charge in [-0.2, -0.15) is 0 Å². The van der Waals surface area contributed by atoms with E-state index in [0.717, 1.165) is 4.90 Å². The second-order valence-corrected chi connectivity index (χ2v) is 7.02. The van der Waals surface area contributed by atoms with Crippen LogP contribution in [0.5, 0.6) is 0 Å². The maximum absolute atomic E-state index is 12.9. The lowest BCUT2D eigenvalue weighted by Gasteiger charge is -2.28. The first-order chi connectivity index (χ1) is 14.3. The van der Waals surface area contributed by atoms with Gasteiger partial charge in [0.25, 0.3) is 17.7 Å². The lowest BCUT2D eigenvalue weighted by molar-refractivity contribution is -0.152. The predicted molar refractivity (Wildman–Crippen MR) is 106 cm³/mol. The molecule has 2 atom stereocenters. The number of rotatable bonds is 7. The minimum Gasteiger partial charge on any atom is -0.454 e. The van der Waals surface area contributed by atoms with Gasteiger partial charge >= 0.3 is 5.97 Å². The van der Waals surface area contributed by atoms with Gasteiger partial charge in [-0.1, -0.05) is 32.4 Å². The van der Waals surface area contributed by atoms with Crippen LogP contribution in [-0.2, 0) is 14.3 Å². The number of hydrogen-bond donors (Lipinski definition) is 1. The molecular formula is C22H21FN2O5. The summed E-state index contributed by atoms with van der Waals surface area (Å²) in [5, 5.41) is 2.48. The number of nitrogens with zero attached hydrogens (tertiary/aromatic N) is 1.